The second-order valence-electron chi connectivity index (χ2n) is 5.42. The topological polar surface area (TPSA) is 71.1 Å². The normalized spacial score (nSPS) is 16.1. The summed E-state index contributed by atoms with van der Waals surface area (Å²) >= 11 is 0. The van der Waals surface area contributed by atoms with Crippen molar-refractivity contribution in [3.63, 3.8) is 0 Å². The van der Waals surface area contributed by atoms with Gasteiger partial charge in [-0.15, -0.1) is 0 Å². The molecule has 0 amide bonds. The lowest BCUT2D eigenvalue weighted by Gasteiger charge is -2.24. The van der Waals surface area contributed by atoms with Gasteiger partial charge in [-0.2, -0.15) is 0 Å². The molecule has 0 bridgehead atoms. The fourth-order valence-corrected chi connectivity index (χ4v) is 2.42. The first-order valence-electron chi connectivity index (χ1n) is 7.01. The summed E-state index contributed by atoms with van der Waals surface area (Å²) in [6.45, 7) is 3.82. The van der Waals surface area contributed by atoms with Crippen LogP contribution in [0.4, 0.5) is 0 Å². The number of ether oxygens (including phenoxy) is 1. The number of oxime groups is 1. The lowest BCUT2D eigenvalue weighted by molar-refractivity contribution is 0.261. The Morgan fingerprint density at radius 2 is 2.35 bits per heavy atom. The summed E-state index contributed by atoms with van der Waals surface area (Å²) in [5, 5.41) is 11.6. The van der Waals surface area contributed by atoms with E-state index in [9.17, 15) is 0 Å². The Bertz CT molecular complexity index is 488. The molecule has 1 heterocycles. The lowest BCUT2D eigenvalue weighted by Crippen LogP contribution is -2.34. The van der Waals surface area contributed by atoms with E-state index in [4.69, 9.17) is 15.7 Å². The summed E-state index contributed by atoms with van der Waals surface area (Å²) in [6, 6.07) is 6.69. The molecule has 5 heteroatoms. The van der Waals surface area contributed by atoms with E-state index in [0.717, 1.165) is 31.7 Å². The van der Waals surface area contributed by atoms with Crippen LogP contribution in [0.1, 0.15) is 24.5 Å². The molecule has 2 rings (SSSR count). The lowest BCUT2D eigenvalue weighted by atomic mass is 10.1. The molecule has 3 N–H and O–H groups in total. The van der Waals surface area contributed by atoms with E-state index in [-0.39, 0.29) is 11.9 Å². The molecule has 1 aromatic rings. The smallest absolute Gasteiger partial charge is 0.140 e. The third-order valence-electron chi connectivity index (χ3n) is 3.89. The molecule has 1 aromatic carbocycles. The fourth-order valence-electron chi connectivity index (χ4n) is 2.42. The Morgan fingerprint density at radius 3 is 3.10 bits per heavy atom. The van der Waals surface area contributed by atoms with Gasteiger partial charge in [-0.1, -0.05) is 17.3 Å². The van der Waals surface area contributed by atoms with Crippen molar-refractivity contribution in [2.24, 2.45) is 10.9 Å². The molecule has 0 spiro atoms. The molecule has 1 aliphatic heterocycles. The zero-order valence-electron chi connectivity index (χ0n) is 12.2. The van der Waals surface area contributed by atoms with Crippen LogP contribution in [-0.4, -0.2) is 42.2 Å². The van der Waals surface area contributed by atoms with Crippen LogP contribution in [0, 0.1) is 0 Å². The zero-order valence-corrected chi connectivity index (χ0v) is 12.2. The predicted octanol–water partition coefficient (Wildman–Crippen LogP) is 1.62. The van der Waals surface area contributed by atoms with Gasteiger partial charge >= 0.3 is 0 Å². The molecule has 1 atom stereocenters. The van der Waals surface area contributed by atoms with Crippen molar-refractivity contribution in [2.45, 2.75) is 32.2 Å². The van der Waals surface area contributed by atoms with E-state index >= 15 is 0 Å². The minimum absolute atomic E-state index is 0.253. The molecule has 1 aliphatic rings. The average molecular weight is 277 g/mol. The largest absolute Gasteiger partial charge is 0.493 e. The third kappa shape index (κ3) is 3.63. The van der Waals surface area contributed by atoms with Gasteiger partial charge in [0.05, 0.1) is 6.61 Å². The maximum absolute atomic E-state index is 8.60. The molecular formula is C15H23N3O2. The molecule has 0 aliphatic carbocycles. The molecule has 0 aromatic heterocycles. The number of benzene rings is 1. The summed E-state index contributed by atoms with van der Waals surface area (Å²) < 4.78 is 5.51. The standard InChI is InChI=1S/C15H23N3O2/c1-11(9-15(16)17-19)18(2)7-5-12-3-4-14-13(10-12)6-8-20-14/h3-4,10-11,19H,5-9H2,1-2H3,(H2,16,17). The summed E-state index contributed by atoms with van der Waals surface area (Å²) in [7, 11) is 2.06. The van der Waals surface area contributed by atoms with Gasteiger partial charge in [-0.05, 0) is 37.6 Å². The second-order valence-corrected chi connectivity index (χ2v) is 5.42. The van der Waals surface area contributed by atoms with Gasteiger partial charge < -0.3 is 20.6 Å². The van der Waals surface area contributed by atoms with Gasteiger partial charge in [0.25, 0.3) is 0 Å². The molecule has 0 fully saturated rings. The Kier molecular flexibility index (Phi) is 4.84. The van der Waals surface area contributed by atoms with Crippen LogP contribution in [0.2, 0.25) is 0 Å². The summed E-state index contributed by atoms with van der Waals surface area (Å²) in [4.78, 5) is 2.22. The number of rotatable bonds is 6. The number of nitrogens with zero attached hydrogens (tertiary/aromatic N) is 2. The van der Waals surface area contributed by atoms with E-state index in [1.807, 2.05) is 0 Å². The summed E-state index contributed by atoms with van der Waals surface area (Å²) in [6.07, 6.45) is 2.58. The molecule has 110 valence electrons. The maximum Gasteiger partial charge on any atom is 0.140 e. The van der Waals surface area contributed by atoms with Crippen LogP contribution < -0.4 is 10.5 Å². The van der Waals surface area contributed by atoms with Gasteiger partial charge in [0.1, 0.15) is 11.6 Å². The minimum Gasteiger partial charge on any atom is -0.493 e. The quantitative estimate of drug-likeness (QED) is 0.359. The van der Waals surface area contributed by atoms with Crippen molar-refractivity contribution in [2.75, 3.05) is 20.2 Å². The van der Waals surface area contributed by atoms with Gasteiger partial charge in [0.2, 0.25) is 0 Å². The second kappa shape index (κ2) is 6.61. The molecule has 1 unspecified atom stereocenters. The molecule has 0 saturated heterocycles. The van der Waals surface area contributed by atoms with Crippen molar-refractivity contribution in [3.8, 4) is 5.75 Å². The zero-order chi connectivity index (χ0) is 14.5. The number of likely N-dealkylation sites (N-methyl/N-ethyl adjacent to an activating group) is 1. The highest BCUT2D eigenvalue weighted by Crippen LogP contribution is 2.26. The Hall–Kier alpha value is -1.75. The predicted molar refractivity (Wildman–Crippen MR) is 79.5 cm³/mol. The molecule has 0 saturated carbocycles. The van der Waals surface area contributed by atoms with Gasteiger partial charge in [-0.25, -0.2) is 0 Å². The van der Waals surface area contributed by atoms with E-state index in [1.165, 1.54) is 11.1 Å². The van der Waals surface area contributed by atoms with Crippen LogP contribution in [0.15, 0.2) is 23.4 Å². The number of hydrogen-bond donors (Lipinski definition) is 2. The summed E-state index contributed by atoms with van der Waals surface area (Å²) in [5.41, 5.74) is 8.19. The van der Waals surface area contributed by atoms with Crippen LogP contribution in [0.25, 0.3) is 0 Å². The van der Waals surface area contributed by atoms with E-state index in [1.54, 1.807) is 0 Å². The number of amidine groups is 1. The van der Waals surface area contributed by atoms with Crippen molar-refractivity contribution in [3.05, 3.63) is 29.3 Å². The molecular weight excluding hydrogens is 254 g/mol. The highest BCUT2D eigenvalue weighted by molar-refractivity contribution is 5.80. The van der Waals surface area contributed by atoms with Crippen molar-refractivity contribution < 1.29 is 9.94 Å². The number of hydrogen-bond acceptors (Lipinski definition) is 4. The molecule has 5 nitrogen and oxygen atoms in total. The first-order chi connectivity index (χ1) is 9.60. The third-order valence-corrected chi connectivity index (χ3v) is 3.89. The van der Waals surface area contributed by atoms with Gasteiger partial charge in [0.15, 0.2) is 0 Å². The monoisotopic (exact) mass is 277 g/mol. The van der Waals surface area contributed by atoms with Crippen molar-refractivity contribution in [1.29, 1.82) is 0 Å². The first-order valence-corrected chi connectivity index (χ1v) is 7.01. The van der Waals surface area contributed by atoms with Crippen LogP contribution >= 0.6 is 0 Å². The highest BCUT2D eigenvalue weighted by atomic mass is 16.5. The Balaban J connectivity index is 1.85. The molecule has 0 radical (unpaired) electrons. The summed E-state index contributed by atoms with van der Waals surface area (Å²) in [5.74, 6) is 1.31. The maximum atomic E-state index is 8.60. The van der Waals surface area contributed by atoms with Crippen LogP contribution in [-0.2, 0) is 12.8 Å². The number of fused-ring (bicyclic) bond motifs is 1. The Labute approximate surface area is 120 Å². The SMILES string of the molecule is CC(CC(N)=NO)N(C)CCc1ccc2c(c1)CCO2. The minimum atomic E-state index is 0.253. The van der Waals surface area contributed by atoms with E-state index in [0.29, 0.717) is 6.42 Å². The van der Waals surface area contributed by atoms with Gasteiger partial charge in [0, 0.05) is 25.4 Å². The van der Waals surface area contributed by atoms with E-state index < -0.39 is 0 Å². The first kappa shape index (κ1) is 14.7. The van der Waals surface area contributed by atoms with Crippen LogP contribution in [0.5, 0.6) is 5.75 Å². The number of nitrogens with two attached hydrogens (primary N) is 1. The highest BCUT2D eigenvalue weighted by Gasteiger charge is 2.14. The fraction of sp³-hybridized carbons (Fsp3) is 0.533. The van der Waals surface area contributed by atoms with E-state index in [2.05, 4.69) is 42.2 Å². The molecule has 20 heavy (non-hydrogen) atoms. The Morgan fingerprint density at radius 1 is 1.55 bits per heavy atom. The van der Waals surface area contributed by atoms with Crippen molar-refractivity contribution >= 4 is 5.84 Å². The van der Waals surface area contributed by atoms with Crippen molar-refractivity contribution in [1.82, 2.24) is 4.90 Å². The average Bonchev–Trinajstić information content (AvgIpc) is 2.91. The van der Waals surface area contributed by atoms with Crippen LogP contribution in [0.3, 0.4) is 0 Å². The van der Waals surface area contributed by atoms with Gasteiger partial charge in [-0.3, -0.25) is 0 Å².